The molecule has 0 saturated heterocycles. The molecule has 0 heterocycles. The molecule has 86 valence electrons. The van der Waals surface area contributed by atoms with E-state index in [1.165, 1.54) is 5.54 Å². The molecule has 0 bridgehead atoms. The summed E-state index contributed by atoms with van der Waals surface area (Å²) in [4.78, 5) is 11.3. The summed E-state index contributed by atoms with van der Waals surface area (Å²) in [5.41, 5.74) is 1.95. The monoisotopic (exact) mass is 258 g/mol. The van der Waals surface area contributed by atoms with Gasteiger partial charge in [-0.25, -0.2) is 0 Å². The molecule has 1 aromatic rings. The predicted molar refractivity (Wildman–Crippen MR) is 66.3 cm³/mol. The third-order valence-electron chi connectivity index (χ3n) is 1.99. The second-order valence-electron chi connectivity index (χ2n) is 3.15. The van der Waals surface area contributed by atoms with Crippen LogP contribution in [0.3, 0.4) is 0 Å². The first-order valence-corrected chi connectivity index (χ1v) is 5.69. The van der Waals surface area contributed by atoms with Gasteiger partial charge in [-0.2, -0.15) is 0 Å². The molecular formula is C12H12Cl2O2. The number of Topliss-reactive ketones (excluding diaryl/α,β-unsaturated/α-hetero) is 1. The maximum atomic E-state index is 11.3. The molecule has 0 aliphatic heterocycles. The standard InChI is InChI=1S/C12H12Cl2O2/c1-2-12(15)9-3-5-11(6-4-9)16-8-10(14)7-13/h3-7H,2,8H2,1H3. The first kappa shape index (κ1) is 13.1. The van der Waals surface area contributed by atoms with E-state index in [0.29, 0.717) is 22.8 Å². The molecule has 0 amide bonds. The Balaban J connectivity index is 2.61. The summed E-state index contributed by atoms with van der Waals surface area (Å²) in [6, 6.07) is 6.95. The summed E-state index contributed by atoms with van der Waals surface area (Å²) in [6.07, 6.45) is 0.501. The van der Waals surface area contributed by atoms with Crippen LogP contribution in [0.2, 0.25) is 0 Å². The second kappa shape index (κ2) is 6.56. The van der Waals surface area contributed by atoms with Crippen LogP contribution in [0.25, 0.3) is 0 Å². The van der Waals surface area contributed by atoms with Gasteiger partial charge >= 0.3 is 0 Å². The minimum absolute atomic E-state index is 0.116. The number of hydrogen-bond donors (Lipinski definition) is 0. The Hall–Kier alpha value is -0.990. The zero-order valence-electron chi connectivity index (χ0n) is 8.87. The van der Waals surface area contributed by atoms with Crippen LogP contribution in [0.15, 0.2) is 34.8 Å². The summed E-state index contributed by atoms with van der Waals surface area (Å²) in [7, 11) is 0. The van der Waals surface area contributed by atoms with Crippen LogP contribution in [-0.4, -0.2) is 12.4 Å². The molecular weight excluding hydrogens is 247 g/mol. The van der Waals surface area contributed by atoms with Gasteiger partial charge in [0, 0.05) is 17.5 Å². The molecule has 0 atom stereocenters. The summed E-state index contributed by atoms with van der Waals surface area (Å²) < 4.78 is 5.33. The molecule has 4 heteroatoms. The zero-order valence-corrected chi connectivity index (χ0v) is 10.4. The highest BCUT2D eigenvalue weighted by molar-refractivity contribution is 6.36. The first-order chi connectivity index (χ1) is 7.67. The molecule has 2 nitrogen and oxygen atoms in total. The predicted octanol–water partition coefficient (Wildman–Crippen LogP) is 3.98. The Kier molecular flexibility index (Phi) is 5.36. The van der Waals surface area contributed by atoms with Crippen molar-refractivity contribution < 1.29 is 9.53 Å². The number of rotatable bonds is 5. The summed E-state index contributed by atoms with van der Waals surface area (Å²) in [5, 5.41) is 0.426. The summed E-state index contributed by atoms with van der Waals surface area (Å²) in [6.45, 7) is 2.06. The fourth-order valence-electron chi connectivity index (χ4n) is 1.12. The third kappa shape index (κ3) is 3.87. The van der Waals surface area contributed by atoms with Gasteiger partial charge in [0.2, 0.25) is 0 Å². The van der Waals surface area contributed by atoms with Crippen molar-refractivity contribution in [3.63, 3.8) is 0 Å². The van der Waals surface area contributed by atoms with E-state index in [4.69, 9.17) is 27.9 Å². The number of halogens is 2. The van der Waals surface area contributed by atoms with Crippen molar-refractivity contribution in [3.8, 4) is 5.75 Å². The molecule has 0 aliphatic carbocycles. The molecule has 1 rings (SSSR count). The van der Waals surface area contributed by atoms with Crippen LogP contribution in [0.4, 0.5) is 0 Å². The third-order valence-corrected chi connectivity index (χ3v) is 2.59. The van der Waals surface area contributed by atoms with Crippen LogP contribution < -0.4 is 4.74 Å². The lowest BCUT2D eigenvalue weighted by molar-refractivity contribution is 0.0988. The number of hydrogen-bond acceptors (Lipinski definition) is 2. The Morgan fingerprint density at radius 2 is 2.00 bits per heavy atom. The molecule has 0 aromatic heterocycles. The van der Waals surface area contributed by atoms with Crippen molar-refractivity contribution in [2.24, 2.45) is 0 Å². The zero-order chi connectivity index (χ0) is 12.0. The fraction of sp³-hybridized carbons (Fsp3) is 0.250. The Labute approximate surface area is 105 Å². The Bertz CT molecular complexity index is 383. The molecule has 0 N–H and O–H groups in total. The highest BCUT2D eigenvalue weighted by Crippen LogP contribution is 2.15. The van der Waals surface area contributed by atoms with Crippen molar-refractivity contribution in [1.29, 1.82) is 0 Å². The molecule has 16 heavy (non-hydrogen) atoms. The molecule has 1 aromatic carbocycles. The smallest absolute Gasteiger partial charge is 0.162 e. The van der Waals surface area contributed by atoms with Crippen molar-refractivity contribution in [2.45, 2.75) is 13.3 Å². The van der Waals surface area contributed by atoms with E-state index in [9.17, 15) is 4.79 Å². The van der Waals surface area contributed by atoms with Crippen LogP contribution in [0, 0.1) is 0 Å². The molecule has 0 spiro atoms. The molecule has 0 fully saturated rings. The molecule has 0 saturated carbocycles. The number of benzene rings is 1. The van der Waals surface area contributed by atoms with Crippen molar-refractivity contribution >= 4 is 29.0 Å². The molecule has 0 aliphatic rings. The number of carbonyl (C=O) groups excluding carboxylic acids is 1. The second-order valence-corrected chi connectivity index (χ2v) is 3.85. The van der Waals surface area contributed by atoms with Crippen molar-refractivity contribution in [2.75, 3.05) is 6.61 Å². The Morgan fingerprint density at radius 1 is 1.38 bits per heavy atom. The van der Waals surface area contributed by atoms with Crippen molar-refractivity contribution in [3.05, 3.63) is 40.4 Å². The van der Waals surface area contributed by atoms with Gasteiger partial charge in [-0.05, 0) is 24.3 Å². The summed E-state index contributed by atoms with van der Waals surface area (Å²) >= 11 is 11.1. The summed E-state index contributed by atoms with van der Waals surface area (Å²) in [5.74, 6) is 0.773. The maximum absolute atomic E-state index is 11.3. The number of ketones is 1. The van der Waals surface area contributed by atoms with E-state index in [1.54, 1.807) is 24.3 Å². The average Bonchev–Trinajstić information content (AvgIpc) is 2.35. The van der Waals surface area contributed by atoms with Crippen LogP contribution in [-0.2, 0) is 0 Å². The van der Waals surface area contributed by atoms with Gasteiger partial charge in [0.1, 0.15) is 12.4 Å². The normalized spacial score (nSPS) is 11.3. The largest absolute Gasteiger partial charge is 0.488 e. The van der Waals surface area contributed by atoms with Gasteiger partial charge < -0.3 is 4.74 Å². The van der Waals surface area contributed by atoms with Gasteiger partial charge in [-0.15, -0.1) is 0 Å². The van der Waals surface area contributed by atoms with E-state index in [1.807, 2.05) is 6.92 Å². The minimum atomic E-state index is 0.116. The van der Waals surface area contributed by atoms with E-state index in [0.717, 1.165) is 0 Å². The minimum Gasteiger partial charge on any atom is -0.488 e. The molecule has 0 radical (unpaired) electrons. The quantitative estimate of drug-likeness (QED) is 0.747. The fourth-order valence-corrected chi connectivity index (χ4v) is 1.24. The van der Waals surface area contributed by atoms with E-state index < -0.39 is 0 Å². The van der Waals surface area contributed by atoms with E-state index >= 15 is 0 Å². The maximum Gasteiger partial charge on any atom is 0.162 e. The highest BCUT2D eigenvalue weighted by atomic mass is 35.5. The van der Waals surface area contributed by atoms with Gasteiger partial charge in [0.05, 0.1) is 5.03 Å². The first-order valence-electron chi connectivity index (χ1n) is 4.88. The van der Waals surface area contributed by atoms with Crippen molar-refractivity contribution in [1.82, 2.24) is 0 Å². The lowest BCUT2D eigenvalue weighted by atomic mass is 10.1. The molecule has 0 unspecified atom stereocenters. The lowest BCUT2D eigenvalue weighted by Gasteiger charge is -2.05. The van der Waals surface area contributed by atoms with Crippen LogP contribution in [0.5, 0.6) is 5.75 Å². The van der Waals surface area contributed by atoms with Gasteiger partial charge in [-0.1, -0.05) is 30.1 Å². The van der Waals surface area contributed by atoms with E-state index in [-0.39, 0.29) is 12.4 Å². The van der Waals surface area contributed by atoms with Gasteiger partial charge in [0.15, 0.2) is 5.78 Å². The van der Waals surface area contributed by atoms with Gasteiger partial charge in [0.25, 0.3) is 0 Å². The number of carbonyl (C=O) groups is 1. The van der Waals surface area contributed by atoms with Crippen LogP contribution >= 0.6 is 23.2 Å². The van der Waals surface area contributed by atoms with E-state index in [2.05, 4.69) is 0 Å². The highest BCUT2D eigenvalue weighted by Gasteiger charge is 2.02. The lowest BCUT2D eigenvalue weighted by Crippen LogP contribution is -1.99. The SMILES string of the molecule is CCC(=O)c1ccc(OCC(Cl)=CCl)cc1. The Morgan fingerprint density at radius 3 is 2.50 bits per heavy atom. The van der Waals surface area contributed by atoms with Crippen LogP contribution in [0.1, 0.15) is 23.7 Å². The topological polar surface area (TPSA) is 26.3 Å². The average molecular weight is 259 g/mol. The number of ether oxygens (including phenoxy) is 1. The van der Waals surface area contributed by atoms with Gasteiger partial charge in [-0.3, -0.25) is 4.79 Å².